The van der Waals surface area contributed by atoms with Crippen molar-refractivity contribution in [2.24, 2.45) is 62.1 Å². The fourth-order valence-electron chi connectivity index (χ4n) is 15.5. The minimum absolute atomic E-state index is 0.0548. The maximum absolute atomic E-state index is 14.2. The Kier molecular flexibility index (Phi) is 10.2. The summed E-state index contributed by atoms with van der Waals surface area (Å²) in [7, 11) is 0. The minimum Gasteiger partial charge on any atom is -0.513 e. The smallest absolute Gasteiger partial charge is 0.306 e. The predicted molar refractivity (Wildman–Crippen MR) is 219 cm³/mol. The number of benzene rings is 1. The normalized spacial score (nSPS) is 40.9. The summed E-state index contributed by atoms with van der Waals surface area (Å²) in [6, 6.07) is 8.87. The number of rotatable bonds is 9. The van der Waals surface area contributed by atoms with Gasteiger partial charge in [0.1, 0.15) is 6.10 Å². The molecule has 5 fully saturated rings. The Balaban J connectivity index is 1.10. The zero-order chi connectivity index (χ0) is 39.1. The van der Waals surface area contributed by atoms with Crippen LogP contribution in [0.2, 0.25) is 0 Å². The molecule has 1 amide bonds. The van der Waals surface area contributed by atoms with Crippen LogP contribution >= 0.6 is 0 Å². The molecule has 54 heavy (non-hydrogen) atoms. The number of nitrogens with one attached hydrogen (secondary N) is 1. The van der Waals surface area contributed by atoms with Crippen molar-refractivity contribution < 1.29 is 19.4 Å². The topological polar surface area (TPSA) is 75.6 Å². The van der Waals surface area contributed by atoms with Gasteiger partial charge in [-0.3, -0.25) is 9.59 Å². The first-order valence-electron chi connectivity index (χ1n) is 21.9. The van der Waals surface area contributed by atoms with E-state index in [1.165, 1.54) is 55.2 Å². The van der Waals surface area contributed by atoms with E-state index in [0.29, 0.717) is 42.4 Å². The molecule has 6 aliphatic carbocycles. The van der Waals surface area contributed by atoms with Gasteiger partial charge >= 0.3 is 5.97 Å². The zero-order valence-corrected chi connectivity index (χ0v) is 35.3. The van der Waals surface area contributed by atoms with E-state index in [9.17, 15) is 14.7 Å². The number of aliphatic hydroxyl groups is 1. The van der Waals surface area contributed by atoms with Crippen LogP contribution in [0, 0.1) is 62.1 Å². The lowest BCUT2D eigenvalue weighted by Gasteiger charge is -2.73. The summed E-state index contributed by atoms with van der Waals surface area (Å²) in [6.07, 6.45) is 16.1. The lowest BCUT2D eigenvalue weighted by atomic mass is 9.32. The fourth-order valence-corrected chi connectivity index (χ4v) is 15.5. The van der Waals surface area contributed by atoms with Crippen LogP contribution in [0.25, 0.3) is 0 Å². The predicted octanol–water partition coefficient (Wildman–Crippen LogP) is 12.0. The van der Waals surface area contributed by atoms with Crippen molar-refractivity contribution in [2.75, 3.05) is 0 Å². The van der Waals surface area contributed by atoms with Crippen molar-refractivity contribution in [3.05, 3.63) is 59.9 Å². The Morgan fingerprint density at radius 2 is 1.61 bits per heavy atom. The van der Waals surface area contributed by atoms with Gasteiger partial charge in [-0.1, -0.05) is 91.5 Å². The van der Waals surface area contributed by atoms with Crippen LogP contribution in [0.4, 0.5) is 0 Å². The standard InChI is InChI=1S/C49H73NO4/c1-31(2)34-20-25-49(29-41(52)50-37-17-13-15-33-14-11-12-16-35(33)37)27-26-47(9)36(43(34)49)18-19-39-46(8)23-22-40(45(6,7)38(46)21-24-48(39,47)10)54-42(53)30-44(4,5)28-32(3)51/h11-12,14,16,34,36-40,43,51H,1,3,13,15,17-30H2,2,4-10H3,(H,50,52)/t34-,36+,37?,38?,39?,40?,43?,46-,47+,48+,49+/m0/s1. The van der Waals surface area contributed by atoms with E-state index < -0.39 is 0 Å². The highest BCUT2D eigenvalue weighted by Crippen LogP contribution is 2.78. The number of carbonyl (C=O) groups is 2. The van der Waals surface area contributed by atoms with Gasteiger partial charge in [-0.25, -0.2) is 0 Å². The van der Waals surface area contributed by atoms with E-state index in [1.807, 2.05) is 13.8 Å². The summed E-state index contributed by atoms with van der Waals surface area (Å²) < 4.78 is 6.38. The molecule has 0 aromatic heterocycles. The van der Waals surface area contributed by atoms with Crippen LogP contribution in [0.5, 0.6) is 0 Å². The highest BCUT2D eigenvalue weighted by Gasteiger charge is 2.71. The number of allylic oxidation sites excluding steroid dienone is 2. The molecule has 1 aromatic rings. The molecular weight excluding hydrogens is 667 g/mol. The lowest BCUT2D eigenvalue weighted by Crippen LogP contribution is -2.67. The largest absolute Gasteiger partial charge is 0.513 e. The van der Waals surface area contributed by atoms with Crippen molar-refractivity contribution in [3.8, 4) is 0 Å². The molecule has 0 aliphatic heterocycles. The molecule has 298 valence electrons. The third-order valence-corrected chi connectivity index (χ3v) is 18.0. The maximum Gasteiger partial charge on any atom is 0.306 e. The van der Waals surface area contributed by atoms with Gasteiger partial charge in [-0.15, -0.1) is 0 Å². The Morgan fingerprint density at radius 1 is 0.870 bits per heavy atom. The van der Waals surface area contributed by atoms with Gasteiger partial charge < -0.3 is 15.2 Å². The third-order valence-electron chi connectivity index (χ3n) is 18.0. The number of amides is 1. The van der Waals surface area contributed by atoms with Crippen molar-refractivity contribution in [2.45, 2.75) is 170 Å². The maximum atomic E-state index is 14.2. The summed E-state index contributed by atoms with van der Waals surface area (Å²) in [5.74, 6) is 2.96. The third kappa shape index (κ3) is 6.42. The van der Waals surface area contributed by atoms with E-state index in [4.69, 9.17) is 4.74 Å². The number of esters is 1. The van der Waals surface area contributed by atoms with E-state index in [-0.39, 0.29) is 68.7 Å². The Labute approximate surface area is 327 Å². The summed E-state index contributed by atoms with van der Waals surface area (Å²) in [6.45, 7) is 27.3. The number of carbonyl (C=O) groups excluding carboxylic acids is 2. The van der Waals surface area contributed by atoms with Crippen molar-refractivity contribution in [1.29, 1.82) is 0 Å². The molecule has 2 N–H and O–H groups in total. The number of ether oxygens (including phenoxy) is 1. The first-order valence-corrected chi connectivity index (χ1v) is 21.9. The molecule has 11 atom stereocenters. The SMILES string of the molecule is C=C(O)CC(C)(C)CC(=O)OC1CC[C@@]2(C)C(CC[C@]3(C)C2CC[C@@H]2C4[C@H](C(=C)C)CC[C@]4(CC(=O)NC4CCCc5ccccc54)CC[C@]23C)C1(C)C. The van der Waals surface area contributed by atoms with Crippen LogP contribution in [0.1, 0.15) is 169 Å². The van der Waals surface area contributed by atoms with Gasteiger partial charge in [-0.05, 0) is 158 Å². The van der Waals surface area contributed by atoms with Crippen molar-refractivity contribution in [1.82, 2.24) is 5.32 Å². The van der Waals surface area contributed by atoms with E-state index in [2.05, 4.69) is 84.3 Å². The molecule has 6 aliphatic rings. The Morgan fingerprint density at radius 3 is 2.33 bits per heavy atom. The van der Waals surface area contributed by atoms with Crippen LogP contribution in [0.3, 0.4) is 0 Å². The second kappa shape index (κ2) is 13.8. The molecule has 0 spiro atoms. The number of aryl methyl sites for hydroxylation is 1. The molecule has 1 aromatic carbocycles. The first kappa shape index (κ1) is 39.7. The molecule has 5 unspecified atom stereocenters. The second-order valence-corrected chi connectivity index (χ2v) is 21.9. The van der Waals surface area contributed by atoms with Crippen LogP contribution in [-0.4, -0.2) is 23.1 Å². The summed E-state index contributed by atoms with van der Waals surface area (Å²) in [5.41, 5.74) is 4.24. The van der Waals surface area contributed by atoms with Crippen LogP contribution in [-0.2, 0) is 20.7 Å². The zero-order valence-electron chi connectivity index (χ0n) is 35.3. The van der Waals surface area contributed by atoms with Gasteiger partial charge in [0.15, 0.2) is 0 Å². The quantitative estimate of drug-likeness (QED) is 0.150. The molecule has 0 heterocycles. The fraction of sp³-hybridized carbons (Fsp3) is 0.755. The number of aliphatic hydroxyl groups excluding tert-OH is 1. The van der Waals surface area contributed by atoms with Crippen LogP contribution in [0.15, 0.2) is 48.8 Å². The molecule has 5 saturated carbocycles. The van der Waals surface area contributed by atoms with Crippen molar-refractivity contribution >= 4 is 11.9 Å². The second-order valence-electron chi connectivity index (χ2n) is 21.9. The van der Waals surface area contributed by atoms with E-state index in [1.54, 1.807) is 0 Å². The molecule has 5 heteroatoms. The highest BCUT2D eigenvalue weighted by atomic mass is 16.5. The van der Waals surface area contributed by atoms with Gasteiger partial charge in [0.2, 0.25) is 5.91 Å². The molecule has 5 nitrogen and oxygen atoms in total. The number of fused-ring (bicyclic) bond motifs is 8. The van der Waals surface area contributed by atoms with Crippen molar-refractivity contribution in [3.63, 3.8) is 0 Å². The van der Waals surface area contributed by atoms with Gasteiger partial charge in [-0.2, -0.15) is 0 Å². The Bertz CT molecular complexity index is 1660. The molecule has 0 radical (unpaired) electrons. The number of hydrogen-bond acceptors (Lipinski definition) is 4. The van der Waals surface area contributed by atoms with Gasteiger partial charge in [0, 0.05) is 18.3 Å². The summed E-state index contributed by atoms with van der Waals surface area (Å²) in [5, 5.41) is 13.4. The van der Waals surface area contributed by atoms with Gasteiger partial charge in [0.25, 0.3) is 0 Å². The average molecular weight is 740 g/mol. The summed E-state index contributed by atoms with van der Waals surface area (Å²) >= 11 is 0. The van der Waals surface area contributed by atoms with Crippen LogP contribution < -0.4 is 5.32 Å². The molecule has 7 rings (SSSR count). The first-order chi connectivity index (χ1) is 25.3. The number of hydrogen-bond donors (Lipinski definition) is 2. The molecular formula is C49H73NO4. The van der Waals surface area contributed by atoms with E-state index in [0.717, 1.165) is 44.9 Å². The van der Waals surface area contributed by atoms with Gasteiger partial charge in [0.05, 0.1) is 18.2 Å². The highest BCUT2D eigenvalue weighted by molar-refractivity contribution is 5.77. The average Bonchev–Trinajstić information content (AvgIpc) is 3.45. The lowest BCUT2D eigenvalue weighted by molar-refractivity contribution is -0.250. The monoisotopic (exact) mass is 740 g/mol. The Hall–Kier alpha value is -2.56. The molecule has 0 bridgehead atoms. The van der Waals surface area contributed by atoms with E-state index >= 15 is 0 Å². The molecule has 0 saturated heterocycles. The summed E-state index contributed by atoms with van der Waals surface area (Å²) in [4.78, 5) is 27.6. The minimum atomic E-state index is -0.386.